The van der Waals surface area contributed by atoms with Crippen molar-refractivity contribution in [2.24, 2.45) is 0 Å². The molecule has 3 aliphatic heterocycles. The van der Waals surface area contributed by atoms with E-state index >= 15 is 0 Å². The van der Waals surface area contributed by atoms with Gasteiger partial charge in [-0.2, -0.15) is 0 Å². The van der Waals surface area contributed by atoms with Gasteiger partial charge in [-0.1, -0.05) is 19.1 Å². The Morgan fingerprint density at radius 1 is 1.21 bits per heavy atom. The average Bonchev–Trinajstić information content (AvgIpc) is 3.42. The maximum atomic E-state index is 13.7. The van der Waals surface area contributed by atoms with Crippen molar-refractivity contribution in [3.63, 3.8) is 0 Å². The normalized spacial score (nSPS) is 21.2. The summed E-state index contributed by atoms with van der Waals surface area (Å²) < 4.78 is 11.2. The third-order valence-corrected chi connectivity index (χ3v) is 8.38. The van der Waals surface area contributed by atoms with E-state index in [9.17, 15) is 9.59 Å². The Morgan fingerprint density at radius 3 is 2.59 bits per heavy atom. The standard InChI is InChI=1S/C26H31N3O4S/c1-5-29-25(31)28-16-18-14-19(32-3)15-20(33-4)23(18)17(2)13-22(28)26(29)8-10-27(11-9-26)24(30)21-7-6-12-34-21/h6-7,12-15,17H,5,8-11,16H2,1-4H3. The minimum Gasteiger partial charge on any atom is -0.497 e. The summed E-state index contributed by atoms with van der Waals surface area (Å²) in [6.07, 6.45) is 3.70. The van der Waals surface area contributed by atoms with Crippen molar-refractivity contribution >= 4 is 23.3 Å². The number of carbonyl (C=O) groups excluding carboxylic acids is 2. The van der Waals surface area contributed by atoms with E-state index in [1.165, 1.54) is 11.3 Å². The number of ether oxygens (including phenoxy) is 2. The predicted octanol–water partition coefficient (Wildman–Crippen LogP) is 4.70. The Bertz CT molecular complexity index is 1140. The van der Waals surface area contributed by atoms with Gasteiger partial charge in [-0.3, -0.25) is 9.69 Å². The fourth-order valence-corrected chi connectivity index (χ4v) is 6.59. The Labute approximate surface area is 204 Å². The first kappa shape index (κ1) is 22.8. The molecule has 0 radical (unpaired) electrons. The second-order valence-corrected chi connectivity index (χ2v) is 10.1. The molecule has 180 valence electrons. The molecule has 4 heterocycles. The van der Waals surface area contributed by atoms with Crippen molar-refractivity contribution < 1.29 is 19.1 Å². The molecule has 0 saturated carbocycles. The van der Waals surface area contributed by atoms with Crippen LogP contribution in [0.25, 0.3) is 0 Å². The highest BCUT2D eigenvalue weighted by Gasteiger charge is 2.55. The van der Waals surface area contributed by atoms with E-state index in [-0.39, 0.29) is 17.9 Å². The van der Waals surface area contributed by atoms with Crippen LogP contribution in [-0.4, -0.2) is 66.0 Å². The number of urea groups is 1. The third-order valence-electron chi connectivity index (χ3n) is 7.52. The largest absolute Gasteiger partial charge is 0.497 e. The molecule has 34 heavy (non-hydrogen) atoms. The lowest BCUT2D eigenvalue weighted by Gasteiger charge is -2.44. The molecule has 1 aromatic carbocycles. The number of likely N-dealkylation sites (tertiary alicyclic amines) is 1. The van der Waals surface area contributed by atoms with E-state index in [0.29, 0.717) is 26.2 Å². The van der Waals surface area contributed by atoms with Gasteiger partial charge >= 0.3 is 6.03 Å². The summed E-state index contributed by atoms with van der Waals surface area (Å²) in [6, 6.07) is 7.75. The maximum absolute atomic E-state index is 13.7. The van der Waals surface area contributed by atoms with Gasteiger partial charge in [0.05, 0.1) is 31.2 Å². The maximum Gasteiger partial charge on any atom is 0.325 e. The molecule has 3 aliphatic rings. The molecule has 2 fully saturated rings. The number of amides is 3. The van der Waals surface area contributed by atoms with Crippen LogP contribution in [0.5, 0.6) is 11.5 Å². The van der Waals surface area contributed by atoms with Crippen LogP contribution in [-0.2, 0) is 6.54 Å². The van der Waals surface area contributed by atoms with Crippen LogP contribution in [0.1, 0.15) is 53.4 Å². The Kier molecular flexibility index (Phi) is 5.80. The lowest BCUT2D eigenvalue weighted by atomic mass is 9.82. The van der Waals surface area contributed by atoms with E-state index in [1.807, 2.05) is 51.3 Å². The molecule has 7 nitrogen and oxygen atoms in total. The molecule has 0 aliphatic carbocycles. The lowest BCUT2D eigenvalue weighted by Crippen LogP contribution is -2.54. The van der Waals surface area contributed by atoms with Gasteiger partial charge in [-0.05, 0) is 42.8 Å². The van der Waals surface area contributed by atoms with Gasteiger partial charge in [-0.15, -0.1) is 11.3 Å². The van der Waals surface area contributed by atoms with Crippen LogP contribution >= 0.6 is 11.3 Å². The van der Waals surface area contributed by atoms with E-state index in [0.717, 1.165) is 46.0 Å². The number of hydrogen-bond acceptors (Lipinski definition) is 5. The fourth-order valence-electron chi connectivity index (χ4n) is 5.90. The van der Waals surface area contributed by atoms with Gasteiger partial charge < -0.3 is 19.3 Å². The fraction of sp³-hybridized carbons (Fsp3) is 0.462. The molecule has 5 rings (SSSR count). The second-order valence-electron chi connectivity index (χ2n) is 9.16. The number of benzene rings is 1. The molecule has 8 heteroatoms. The molecule has 2 aromatic rings. The number of carbonyl (C=O) groups is 2. The Hall–Kier alpha value is -3.00. The summed E-state index contributed by atoms with van der Waals surface area (Å²) in [6.45, 7) is 6.57. The number of thiophene rings is 1. The molecule has 1 unspecified atom stereocenters. The van der Waals surface area contributed by atoms with Gasteiger partial charge in [0.1, 0.15) is 11.5 Å². The highest BCUT2D eigenvalue weighted by atomic mass is 32.1. The van der Waals surface area contributed by atoms with Crippen molar-refractivity contribution in [2.75, 3.05) is 33.9 Å². The summed E-state index contributed by atoms with van der Waals surface area (Å²) >= 11 is 1.48. The molecule has 0 N–H and O–H groups in total. The monoisotopic (exact) mass is 481 g/mol. The smallest absolute Gasteiger partial charge is 0.325 e. The van der Waals surface area contributed by atoms with Crippen molar-refractivity contribution in [3.05, 3.63) is 57.4 Å². The Balaban J connectivity index is 1.51. The van der Waals surface area contributed by atoms with Crippen molar-refractivity contribution in [2.45, 2.75) is 44.7 Å². The second kappa shape index (κ2) is 8.65. The molecule has 1 aromatic heterocycles. The summed E-state index contributed by atoms with van der Waals surface area (Å²) in [4.78, 5) is 33.3. The number of nitrogens with zero attached hydrogens (tertiary/aromatic N) is 3. The van der Waals surface area contributed by atoms with Gasteiger partial charge in [0.2, 0.25) is 0 Å². The summed E-state index contributed by atoms with van der Waals surface area (Å²) in [5.41, 5.74) is 2.81. The first-order valence-corrected chi connectivity index (χ1v) is 12.7. The summed E-state index contributed by atoms with van der Waals surface area (Å²) in [5, 5.41) is 1.93. The number of likely N-dealkylation sites (N-methyl/N-ethyl adjacent to an activating group) is 1. The molecular formula is C26H31N3O4S. The number of rotatable bonds is 4. The minimum absolute atomic E-state index is 0.0358. The molecule has 2 saturated heterocycles. The van der Waals surface area contributed by atoms with Crippen molar-refractivity contribution in [1.29, 1.82) is 0 Å². The van der Waals surface area contributed by atoms with Gasteiger partial charge in [0.15, 0.2) is 0 Å². The minimum atomic E-state index is -0.397. The van der Waals surface area contributed by atoms with Gasteiger partial charge in [-0.25, -0.2) is 4.79 Å². The van der Waals surface area contributed by atoms with Crippen LogP contribution in [0, 0.1) is 0 Å². The SMILES string of the molecule is CCN1C(=O)N2Cc3cc(OC)cc(OC)c3C(C)C=C2C12CCN(C(=O)c1cccs1)CC2. The first-order valence-electron chi connectivity index (χ1n) is 11.8. The van der Waals surface area contributed by atoms with Gasteiger partial charge in [0, 0.05) is 42.9 Å². The third kappa shape index (κ3) is 3.38. The van der Waals surface area contributed by atoms with E-state index < -0.39 is 5.54 Å². The van der Waals surface area contributed by atoms with E-state index in [2.05, 4.69) is 13.0 Å². The zero-order chi connectivity index (χ0) is 24.0. The number of methoxy groups -OCH3 is 2. The molecule has 1 atom stereocenters. The van der Waals surface area contributed by atoms with Crippen LogP contribution in [0.15, 0.2) is 41.4 Å². The number of fused-ring (bicyclic) bond motifs is 3. The lowest BCUT2D eigenvalue weighted by molar-refractivity contribution is 0.0580. The number of piperidine rings is 1. The first-order chi connectivity index (χ1) is 16.4. The molecule has 1 spiro atoms. The molecular weight excluding hydrogens is 450 g/mol. The topological polar surface area (TPSA) is 62.3 Å². The van der Waals surface area contributed by atoms with Crippen LogP contribution < -0.4 is 9.47 Å². The zero-order valence-electron chi connectivity index (χ0n) is 20.2. The van der Waals surface area contributed by atoms with Gasteiger partial charge in [0.25, 0.3) is 5.91 Å². The highest BCUT2D eigenvalue weighted by Crippen LogP contribution is 2.49. The molecule has 3 amide bonds. The number of allylic oxidation sites excluding steroid dienone is 1. The Morgan fingerprint density at radius 2 is 1.97 bits per heavy atom. The summed E-state index contributed by atoms with van der Waals surface area (Å²) in [7, 11) is 3.32. The quantitative estimate of drug-likeness (QED) is 0.635. The average molecular weight is 482 g/mol. The van der Waals surface area contributed by atoms with Crippen LogP contribution in [0.4, 0.5) is 4.79 Å². The van der Waals surface area contributed by atoms with Crippen LogP contribution in [0.3, 0.4) is 0 Å². The summed E-state index contributed by atoms with van der Waals surface area (Å²) in [5.74, 6) is 1.66. The highest BCUT2D eigenvalue weighted by molar-refractivity contribution is 7.12. The molecule has 0 bridgehead atoms. The van der Waals surface area contributed by atoms with Crippen LogP contribution in [0.2, 0.25) is 0 Å². The van der Waals surface area contributed by atoms with E-state index in [4.69, 9.17) is 9.47 Å². The number of hydrogen-bond donors (Lipinski definition) is 0. The van der Waals surface area contributed by atoms with Crippen molar-refractivity contribution in [3.8, 4) is 11.5 Å². The van der Waals surface area contributed by atoms with E-state index in [1.54, 1.807) is 14.2 Å². The predicted molar refractivity (Wildman–Crippen MR) is 132 cm³/mol. The zero-order valence-corrected chi connectivity index (χ0v) is 21.0. The van der Waals surface area contributed by atoms with Crippen molar-refractivity contribution in [1.82, 2.24) is 14.7 Å².